The summed E-state index contributed by atoms with van der Waals surface area (Å²) in [4.78, 5) is 37.3. The van der Waals surface area contributed by atoms with Crippen molar-refractivity contribution < 1.29 is 23.9 Å². The number of amides is 2. The van der Waals surface area contributed by atoms with Gasteiger partial charge in [0.1, 0.15) is 5.75 Å². The minimum Gasteiger partial charge on any atom is -0.497 e. The number of methoxy groups -OCH3 is 1. The minimum absolute atomic E-state index is 0.0165. The van der Waals surface area contributed by atoms with Gasteiger partial charge in [-0.05, 0) is 37.1 Å². The van der Waals surface area contributed by atoms with Crippen molar-refractivity contribution in [2.75, 3.05) is 24.8 Å². The van der Waals surface area contributed by atoms with Gasteiger partial charge >= 0.3 is 5.97 Å². The highest BCUT2D eigenvalue weighted by molar-refractivity contribution is 8.00. The van der Waals surface area contributed by atoms with Crippen molar-refractivity contribution in [3.8, 4) is 5.75 Å². The van der Waals surface area contributed by atoms with E-state index in [4.69, 9.17) is 9.47 Å². The second-order valence-electron chi connectivity index (χ2n) is 7.24. The van der Waals surface area contributed by atoms with Gasteiger partial charge in [-0.3, -0.25) is 9.59 Å². The molecule has 0 saturated heterocycles. The Morgan fingerprint density at radius 2 is 1.74 bits per heavy atom. The molecule has 31 heavy (non-hydrogen) atoms. The molecule has 0 aliphatic rings. The number of esters is 1. The number of carbonyl (C=O) groups excluding carboxylic acids is 3. The molecule has 0 saturated carbocycles. The molecule has 0 radical (unpaired) electrons. The summed E-state index contributed by atoms with van der Waals surface area (Å²) < 4.78 is 10.3. The number of ether oxygens (including phenoxy) is 2. The lowest BCUT2D eigenvalue weighted by molar-refractivity contribution is -0.125. The smallest absolute Gasteiger partial charge is 0.339 e. The molecule has 0 spiro atoms. The topological polar surface area (TPSA) is 93.7 Å². The third-order valence-corrected chi connectivity index (χ3v) is 5.62. The summed E-state index contributed by atoms with van der Waals surface area (Å²) in [6.45, 7) is 5.53. The van der Waals surface area contributed by atoms with Gasteiger partial charge in [0.25, 0.3) is 5.91 Å². The largest absolute Gasteiger partial charge is 0.497 e. The summed E-state index contributed by atoms with van der Waals surface area (Å²) in [6, 6.07) is 13.9. The van der Waals surface area contributed by atoms with E-state index in [1.54, 1.807) is 55.6 Å². The molecule has 0 heterocycles. The first-order valence-corrected chi connectivity index (χ1v) is 10.9. The predicted molar refractivity (Wildman–Crippen MR) is 122 cm³/mol. The van der Waals surface area contributed by atoms with Crippen molar-refractivity contribution in [1.82, 2.24) is 5.32 Å². The van der Waals surface area contributed by atoms with Gasteiger partial charge in [-0.1, -0.05) is 32.0 Å². The number of thioether (sulfide) groups is 1. The van der Waals surface area contributed by atoms with Crippen LogP contribution in [0.25, 0.3) is 0 Å². The van der Waals surface area contributed by atoms with Gasteiger partial charge < -0.3 is 20.1 Å². The van der Waals surface area contributed by atoms with E-state index < -0.39 is 5.97 Å². The number of hydrogen-bond acceptors (Lipinski definition) is 6. The molecule has 2 N–H and O–H groups in total. The molecule has 2 rings (SSSR count). The average molecular weight is 445 g/mol. The molecule has 166 valence electrons. The van der Waals surface area contributed by atoms with Crippen LogP contribution in [0.5, 0.6) is 5.75 Å². The lowest BCUT2D eigenvalue weighted by atomic mass is 10.1. The van der Waals surface area contributed by atoms with Gasteiger partial charge in [-0.2, -0.15) is 0 Å². The standard InChI is InChI=1S/C23H28N2O5S/c1-15(2)16(3)24-21(26)13-30-23(28)19-10-5-6-11-20(19)31-14-22(27)25-17-8-7-9-18(12-17)29-4/h5-12,15-16H,13-14H2,1-4H3,(H,24,26)(H,25,27). The van der Waals surface area contributed by atoms with E-state index in [1.807, 2.05) is 20.8 Å². The monoisotopic (exact) mass is 444 g/mol. The molecule has 2 aromatic rings. The summed E-state index contributed by atoms with van der Waals surface area (Å²) in [5, 5.41) is 5.58. The van der Waals surface area contributed by atoms with Crippen molar-refractivity contribution in [3.05, 3.63) is 54.1 Å². The van der Waals surface area contributed by atoms with Crippen LogP contribution >= 0.6 is 11.8 Å². The number of carbonyl (C=O) groups is 3. The summed E-state index contributed by atoms with van der Waals surface area (Å²) in [5.74, 6) is -0.150. The fourth-order valence-electron chi connectivity index (χ4n) is 2.47. The Bertz CT molecular complexity index is 916. The molecule has 0 aliphatic carbocycles. The molecule has 0 aromatic heterocycles. The van der Waals surface area contributed by atoms with Crippen LogP contribution < -0.4 is 15.4 Å². The first-order chi connectivity index (χ1) is 14.8. The summed E-state index contributed by atoms with van der Waals surface area (Å²) >= 11 is 1.22. The van der Waals surface area contributed by atoms with Gasteiger partial charge in [-0.15, -0.1) is 11.8 Å². The van der Waals surface area contributed by atoms with Gasteiger partial charge in [0.15, 0.2) is 6.61 Å². The molecule has 2 amide bonds. The van der Waals surface area contributed by atoms with Crippen LogP contribution in [0.15, 0.2) is 53.4 Å². The number of nitrogens with one attached hydrogen (secondary N) is 2. The molecule has 8 heteroatoms. The van der Waals surface area contributed by atoms with Crippen LogP contribution in [-0.4, -0.2) is 43.3 Å². The Kier molecular flexibility index (Phi) is 9.40. The summed E-state index contributed by atoms with van der Waals surface area (Å²) in [7, 11) is 1.56. The highest BCUT2D eigenvalue weighted by atomic mass is 32.2. The maximum absolute atomic E-state index is 12.5. The lowest BCUT2D eigenvalue weighted by Crippen LogP contribution is -2.38. The number of hydrogen-bond donors (Lipinski definition) is 2. The maximum atomic E-state index is 12.5. The Morgan fingerprint density at radius 1 is 1.00 bits per heavy atom. The van der Waals surface area contributed by atoms with E-state index in [9.17, 15) is 14.4 Å². The van der Waals surface area contributed by atoms with Crippen molar-refractivity contribution in [3.63, 3.8) is 0 Å². The molecule has 2 aromatic carbocycles. The van der Waals surface area contributed by atoms with Gasteiger partial charge in [0.05, 0.1) is 18.4 Å². The minimum atomic E-state index is -0.608. The summed E-state index contributed by atoms with van der Waals surface area (Å²) in [5.41, 5.74) is 0.936. The van der Waals surface area contributed by atoms with E-state index >= 15 is 0 Å². The Balaban J connectivity index is 1.91. The highest BCUT2D eigenvalue weighted by Gasteiger charge is 2.17. The molecule has 0 fully saturated rings. The normalized spacial score (nSPS) is 11.5. The van der Waals surface area contributed by atoms with Crippen molar-refractivity contribution in [2.24, 2.45) is 5.92 Å². The van der Waals surface area contributed by atoms with Crippen LogP contribution in [0.3, 0.4) is 0 Å². The zero-order valence-electron chi connectivity index (χ0n) is 18.1. The van der Waals surface area contributed by atoms with Crippen LogP contribution in [-0.2, 0) is 14.3 Å². The van der Waals surface area contributed by atoms with E-state index in [0.717, 1.165) is 0 Å². The van der Waals surface area contributed by atoms with Crippen LogP contribution in [0, 0.1) is 5.92 Å². The Morgan fingerprint density at radius 3 is 2.45 bits per heavy atom. The van der Waals surface area contributed by atoms with Gasteiger partial charge in [0, 0.05) is 22.7 Å². The Labute approximate surface area is 186 Å². The van der Waals surface area contributed by atoms with E-state index in [0.29, 0.717) is 21.9 Å². The number of benzene rings is 2. The number of anilines is 1. The van der Waals surface area contributed by atoms with Crippen molar-refractivity contribution in [2.45, 2.75) is 31.7 Å². The van der Waals surface area contributed by atoms with Gasteiger partial charge in [0.2, 0.25) is 5.91 Å². The zero-order chi connectivity index (χ0) is 22.8. The fourth-order valence-corrected chi connectivity index (χ4v) is 3.31. The zero-order valence-corrected chi connectivity index (χ0v) is 19.0. The van der Waals surface area contributed by atoms with Crippen LogP contribution in [0.4, 0.5) is 5.69 Å². The first-order valence-electron chi connectivity index (χ1n) is 9.92. The molecule has 1 unspecified atom stereocenters. The molecule has 0 aliphatic heterocycles. The van der Waals surface area contributed by atoms with Crippen molar-refractivity contribution in [1.29, 1.82) is 0 Å². The van der Waals surface area contributed by atoms with Crippen molar-refractivity contribution >= 4 is 35.2 Å². The molecular formula is C23H28N2O5S. The second-order valence-corrected chi connectivity index (χ2v) is 8.26. The molecule has 0 bridgehead atoms. The highest BCUT2D eigenvalue weighted by Crippen LogP contribution is 2.24. The number of rotatable bonds is 10. The van der Waals surface area contributed by atoms with E-state index in [1.165, 1.54) is 11.8 Å². The van der Waals surface area contributed by atoms with Crippen LogP contribution in [0.1, 0.15) is 31.1 Å². The van der Waals surface area contributed by atoms with E-state index in [-0.39, 0.29) is 36.1 Å². The Hall–Kier alpha value is -3.00. The third-order valence-electron chi connectivity index (χ3n) is 4.54. The first kappa shape index (κ1) is 24.3. The van der Waals surface area contributed by atoms with Gasteiger partial charge in [-0.25, -0.2) is 4.79 Å². The lowest BCUT2D eigenvalue weighted by Gasteiger charge is -2.17. The molecular weight excluding hydrogens is 416 g/mol. The van der Waals surface area contributed by atoms with Crippen LogP contribution in [0.2, 0.25) is 0 Å². The average Bonchev–Trinajstić information content (AvgIpc) is 2.76. The maximum Gasteiger partial charge on any atom is 0.339 e. The van der Waals surface area contributed by atoms with E-state index in [2.05, 4.69) is 10.6 Å². The quantitative estimate of drug-likeness (QED) is 0.428. The SMILES string of the molecule is COc1cccc(NC(=O)CSc2ccccc2C(=O)OCC(=O)NC(C)C(C)C)c1. The third kappa shape index (κ3) is 7.97. The second kappa shape index (κ2) is 12.0. The molecule has 1 atom stereocenters. The molecule has 7 nitrogen and oxygen atoms in total. The predicted octanol–water partition coefficient (Wildman–Crippen LogP) is 3.74. The fraction of sp³-hybridized carbons (Fsp3) is 0.348. The summed E-state index contributed by atoms with van der Waals surface area (Å²) in [6.07, 6.45) is 0.